The van der Waals surface area contributed by atoms with E-state index in [1.165, 1.54) is 0 Å². The zero-order valence-electron chi connectivity index (χ0n) is 4.84. The third kappa shape index (κ3) is 9.58. The van der Waals surface area contributed by atoms with Crippen molar-refractivity contribution in [2.45, 2.75) is 0 Å². The van der Waals surface area contributed by atoms with Crippen LogP contribution in [0.3, 0.4) is 0 Å². The molecule has 0 saturated carbocycles. The van der Waals surface area contributed by atoms with E-state index in [1.807, 2.05) is 0 Å². The molecule has 0 aliphatic carbocycles. The molecule has 8 heavy (non-hydrogen) atoms. The van der Waals surface area contributed by atoms with Crippen molar-refractivity contribution >= 4 is 9.90 Å². The van der Waals surface area contributed by atoms with Crippen LogP contribution in [0.5, 0.6) is 0 Å². The number of ether oxygens (including phenoxy) is 1. The lowest BCUT2D eigenvalue weighted by Gasteiger charge is -1.94. The fourth-order valence-electron chi connectivity index (χ4n) is 0.231. The van der Waals surface area contributed by atoms with E-state index in [4.69, 9.17) is 10.2 Å². The van der Waals surface area contributed by atoms with E-state index >= 15 is 0 Å². The largest absolute Gasteiger partial charge is 0.394 e. The minimum atomic E-state index is 0. The second-order valence-electron chi connectivity index (χ2n) is 1.06. The summed E-state index contributed by atoms with van der Waals surface area (Å²) in [5, 5.41) is 16.2. The Kier molecular flexibility index (Phi) is 14.4. The summed E-state index contributed by atoms with van der Waals surface area (Å²) in [5.74, 6) is 0. The summed E-state index contributed by atoms with van der Waals surface area (Å²) < 4.78 is 4.63. The van der Waals surface area contributed by atoms with Gasteiger partial charge < -0.3 is 14.9 Å². The van der Waals surface area contributed by atoms with Crippen LogP contribution in [0.2, 0.25) is 0 Å². The second kappa shape index (κ2) is 10.3. The van der Waals surface area contributed by atoms with Gasteiger partial charge in [0.15, 0.2) is 0 Å². The maximum absolute atomic E-state index is 8.09. The molecule has 0 heterocycles. The summed E-state index contributed by atoms with van der Waals surface area (Å²) in [5.41, 5.74) is 0. The van der Waals surface area contributed by atoms with Gasteiger partial charge >= 0.3 is 0 Å². The summed E-state index contributed by atoms with van der Waals surface area (Å²) in [4.78, 5) is 0. The molecular formula is C4H13O3P. The van der Waals surface area contributed by atoms with E-state index < -0.39 is 0 Å². The molecule has 1 unspecified atom stereocenters. The molecule has 3 nitrogen and oxygen atoms in total. The Bertz CT molecular complexity index is 30.5. The summed E-state index contributed by atoms with van der Waals surface area (Å²) >= 11 is 0. The van der Waals surface area contributed by atoms with Gasteiger partial charge in [-0.15, -0.1) is 0 Å². The molecule has 0 amide bonds. The Hall–Kier alpha value is 0.310. The standard InChI is InChI=1S/C4H10O3.H3P/c5-1-3-7-4-2-6;/h5-6H,1-4H2;1H3. The molecule has 0 saturated heterocycles. The van der Waals surface area contributed by atoms with Crippen molar-refractivity contribution in [3.05, 3.63) is 0 Å². The van der Waals surface area contributed by atoms with Gasteiger partial charge in [0.1, 0.15) is 0 Å². The van der Waals surface area contributed by atoms with Crippen molar-refractivity contribution in [3.63, 3.8) is 0 Å². The lowest BCUT2D eigenvalue weighted by Crippen LogP contribution is -2.03. The van der Waals surface area contributed by atoms with Crippen molar-refractivity contribution in [2.24, 2.45) is 0 Å². The Labute approximate surface area is 52.3 Å². The van der Waals surface area contributed by atoms with E-state index in [0.29, 0.717) is 13.2 Å². The molecule has 0 aromatic rings. The van der Waals surface area contributed by atoms with Crippen molar-refractivity contribution in [1.29, 1.82) is 0 Å². The number of aliphatic hydroxyl groups is 2. The Morgan fingerprint density at radius 3 is 1.62 bits per heavy atom. The maximum atomic E-state index is 8.09. The van der Waals surface area contributed by atoms with Crippen LogP contribution in [0, 0.1) is 0 Å². The first-order valence-electron chi connectivity index (χ1n) is 2.21. The van der Waals surface area contributed by atoms with Crippen molar-refractivity contribution in [3.8, 4) is 0 Å². The number of rotatable bonds is 4. The monoisotopic (exact) mass is 140 g/mol. The van der Waals surface area contributed by atoms with Crippen LogP contribution >= 0.6 is 9.90 Å². The Morgan fingerprint density at radius 2 is 1.38 bits per heavy atom. The summed E-state index contributed by atoms with van der Waals surface area (Å²) in [6, 6.07) is 0. The van der Waals surface area contributed by atoms with Gasteiger partial charge in [-0.2, -0.15) is 9.90 Å². The molecule has 0 aliphatic heterocycles. The normalized spacial score (nSPS) is 8.25. The van der Waals surface area contributed by atoms with Crippen molar-refractivity contribution in [2.75, 3.05) is 26.4 Å². The summed E-state index contributed by atoms with van der Waals surface area (Å²) in [6.45, 7) is 0.696. The maximum Gasteiger partial charge on any atom is 0.0698 e. The highest BCUT2D eigenvalue weighted by Crippen LogP contribution is 1.68. The highest BCUT2D eigenvalue weighted by Gasteiger charge is 1.79. The number of hydrogen-bond acceptors (Lipinski definition) is 3. The van der Waals surface area contributed by atoms with Gasteiger partial charge in [-0.25, -0.2) is 0 Å². The predicted molar refractivity (Wildman–Crippen MR) is 36.1 cm³/mol. The first-order valence-corrected chi connectivity index (χ1v) is 2.21. The lowest BCUT2D eigenvalue weighted by molar-refractivity contribution is 0.0650. The average Bonchev–Trinajstić information content (AvgIpc) is 1.69. The van der Waals surface area contributed by atoms with Crippen LogP contribution in [0.25, 0.3) is 0 Å². The molecule has 0 fully saturated rings. The summed E-state index contributed by atoms with van der Waals surface area (Å²) in [7, 11) is 0. The Morgan fingerprint density at radius 1 is 1.00 bits per heavy atom. The SMILES string of the molecule is OCCOCCO.P. The minimum Gasteiger partial charge on any atom is -0.394 e. The van der Waals surface area contributed by atoms with Gasteiger partial charge in [0.05, 0.1) is 26.4 Å². The third-order valence-electron chi connectivity index (χ3n) is 0.471. The average molecular weight is 140 g/mol. The summed E-state index contributed by atoms with van der Waals surface area (Å²) in [6.07, 6.45) is 0. The predicted octanol–water partition coefficient (Wildman–Crippen LogP) is -0.954. The van der Waals surface area contributed by atoms with Crippen LogP contribution in [0.4, 0.5) is 0 Å². The Balaban J connectivity index is 0. The molecule has 0 radical (unpaired) electrons. The van der Waals surface area contributed by atoms with Crippen LogP contribution < -0.4 is 0 Å². The van der Waals surface area contributed by atoms with Crippen LogP contribution in [0.1, 0.15) is 0 Å². The van der Waals surface area contributed by atoms with E-state index in [9.17, 15) is 0 Å². The first-order chi connectivity index (χ1) is 3.41. The molecule has 2 N–H and O–H groups in total. The number of aliphatic hydroxyl groups excluding tert-OH is 2. The third-order valence-corrected chi connectivity index (χ3v) is 0.471. The zero-order valence-corrected chi connectivity index (χ0v) is 6.25. The molecule has 4 heteroatoms. The molecule has 0 aliphatic rings. The van der Waals surface area contributed by atoms with Gasteiger partial charge in [-0.3, -0.25) is 0 Å². The molecule has 0 bridgehead atoms. The minimum absolute atomic E-state index is 0. The number of hydrogen-bond donors (Lipinski definition) is 2. The van der Waals surface area contributed by atoms with Crippen molar-refractivity contribution < 1.29 is 14.9 Å². The van der Waals surface area contributed by atoms with Gasteiger partial charge in [0.2, 0.25) is 0 Å². The fraction of sp³-hybridized carbons (Fsp3) is 1.00. The van der Waals surface area contributed by atoms with Gasteiger partial charge in [-0.05, 0) is 0 Å². The first kappa shape index (κ1) is 11.2. The topological polar surface area (TPSA) is 49.7 Å². The van der Waals surface area contributed by atoms with Gasteiger partial charge in [0, 0.05) is 0 Å². The van der Waals surface area contributed by atoms with Gasteiger partial charge in [0.25, 0.3) is 0 Å². The van der Waals surface area contributed by atoms with Crippen LogP contribution in [-0.4, -0.2) is 36.6 Å². The highest BCUT2D eigenvalue weighted by molar-refractivity contribution is 6.92. The zero-order chi connectivity index (χ0) is 5.54. The quantitative estimate of drug-likeness (QED) is 0.391. The van der Waals surface area contributed by atoms with E-state index in [-0.39, 0.29) is 23.1 Å². The smallest absolute Gasteiger partial charge is 0.0698 e. The molecule has 1 atom stereocenters. The lowest BCUT2D eigenvalue weighted by atomic mass is 10.7. The van der Waals surface area contributed by atoms with E-state index in [2.05, 4.69) is 4.74 Å². The highest BCUT2D eigenvalue weighted by atomic mass is 31.0. The molecule has 0 spiro atoms. The fourth-order valence-corrected chi connectivity index (χ4v) is 0.231. The van der Waals surface area contributed by atoms with Gasteiger partial charge in [-0.1, -0.05) is 0 Å². The molecule has 0 aromatic carbocycles. The molecular weight excluding hydrogens is 127 g/mol. The van der Waals surface area contributed by atoms with E-state index in [1.54, 1.807) is 0 Å². The molecule has 0 aromatic heterocycles. The van der Waals surface area contributed by atoms with Crippen LogP contribution in [0.15, 0.2) is 0 Å². The van der Waals surface area contributed by atoms with Crippen LogP contribution in [-0.2, 0) is 4.74 Å². The second-order valence-corrected chi connectivity index (χ2v) is 1.06. The molecule has 0 rings (SSSR count). The van der Waals surface area contributed by atoms with E-state index in [0.717, 1.165) is 0 Å². The van der Waals surface area contributed by atoms with Crippen molar-refractivity contribution in [1.82, 2.24) is 0 Å². The molecule has 52 valence electrons.